The van der Waals surface area contributed by atoms with Crippen molar-refractivity contribution in [1.29, 1.82) is 0 Å². The minimum atomic E-state index is -0.605. The van der Waals surface area contributed by atoms with Crippen molar-refractivity contribution in [2.45, 2.75) is 38.8 Å². The van der Waals surface area contributed by atoms with Gasteiger partial charge in [-0.25, -0.2) is 9.78 Å². The summed E-state index contributed by atoms with van der Waals surface area (Å²) in [6.45, 7) is 5.61. The number of hydrogen-bond acceptors (Lipinski definition) is 5. The second-order valence-corrected chi connectivity index (χ2v) is 9.07. The van der Waals surface area contributed by atoms with Crippen molar-refractivity contribution in [2.75, 3.05) is 12.3 Å². The van der Waals surface area contributed by atoms with E-state index in [4.69, 9.17) is 26.8 Å². The summed E-state index contributed by atoms with van der Waals surface area (Å²) in [5.74, 6) is 0.549. The Kier molecular flexibility index (Phi) is 6.77. The Balaban J connectivity index is 1.78. The van der Waals surface area contributed by atoms with Gasteiger partial charge >= 0.3 is 6.09 Å². The lowest BCUT2D eigenvalue weighted by molar-refractivity contribution is 0.0488. The first-order valence-electron chi connectivity index (χ1n) is 9.41. The predicted octanol–water partition coefficient (Wildman–Crippen LogP) is 5.08. The molecule has 160 valence electrons. The van der Waals surface area contributed by atoms with Crippen LogP contribution in [0.2, 0.25) is 5.15 Å². The van der Waals surface area contributed by atoms with Gasteiger partial charge in [0.15, 0.2) is 11.6 Å². The number of benzene rings is 1. The van der Waals surface area contributed by atoms with Crippen LogP contribution in [0.15, 0.2) is 41.0 Å². The van der Waals surface area contributed by atoms with Gasteiger partial charge in [-0.1, -0.05) is 29.8 Å². The highest BCUT2D eigenvalue weighted by molar-refractivity contribution is 9.10. The Morgan fingerprint density at radius 2 is 2.10 bits per heavy atom. The van der Waals surface area contributed by atoms with Gasteiger partial charge in [0.05, 0.1) is 10.5 Å². The van der Waals surface area contributed by atoms with Gasteiger partial charge in [0.25, 0.3) is 0 Å². The van der Waals surface area contributed by atoms with Crippen LogP contribution in [0.3, 0.4) is 0 Å². The van der Waals surface area contributed by atoms with E-state index in [1.54, 1.807) is 6.07 Å². The summed E-state index contributed by atoms with van der Waals surface area (Å²) < 4.78 is 11.9. The number of carbonyl (C=O) groups is 1. The number of anilines is 1. The number of para-hydroxylation sites is 1. The highest BCUT2D eigenvalue weighted by atomic mass is 79.9. The van der Waals surface area contributed by atoms with E-state index < -0.39 is 11.7 Å². The summed E-state index contributed by atoms with van der Waals surface area (Å²) in [7, 11) is 0. The number of halogens is 2. The summed E-state index contributed by atoms with van der Waals surface area (Å²) in [5, 5.41) is 4.23. The average molecular weight is 496 g/mol. The fourth-order valence-electron chi connectivity index (χ4n) is 2.96. The third kappa shape index (κ3) is 5.79. The summed E-state index contributed by atoms with van der Waals surface area (Å²) >= 11 is 9.27. The second kappa shape index (κ2) is 9.14. The van der Waals surface area contributed by atoms with E-state index in [0.29, 0.717) is 16.6 Å². The molecule has 1 aromatic carbocycles. The van der Waals surface area contributed by atoms with E-state index in [0.717, 1.165) is 16.5 Å². The number of hydrogen-bond donors (Lipinski definition) is 3. The Hall–Kier alpha value is -2.45. The highest BCUT2D eigenvalue weighted by Crippen LogP contribution is 2.29. The first-order chi connectivity index (χ1) is 14.1. The molecule has 0 aliphatic carbocycles. The van der Waals surface area contributed by atoms with Gasteiger partial charge < -0.3 is 25.5 Å². The largest absolute Gasteiger partial charge is 0.488 e. The molecule has 30 heavy (non-hydrogen) atoms. The van der Waals surface area contributed by atoms with Crippen LogP contribution in [-0.4, -0.2) is 34.3 Å². The Bertz CT molecular complexity index is 1050. The predicted molar refractivity (Wildman–Crippen MR) is 122 cm³/mol. The maximum atomic E-state index is 12.4. The minimum Gasteiger partial charge on any atom is -0.488 e. The molecule has 1 unspecified atom stereocenters. The van der Waals surface area contributed by atoms with E-state index >= 15 is 0 Å². The molecule has 0 aliphatic heterocycles. The van der Waals surface area contributed by atoms with E-state index in [-0.39, 0.29) is 23.6 Å². The zero-order valence-electron chi connectivity index (χ0n) is 17.0. The molecule has 1 atom stereocenters. The molecule has 0 saturated carbocycles. The first kappa shape index (κ1) is 22.2. The maximum Gasteiger partial charge on any atom is 0.408 e. The van der Waals surface area contributed by atoms with Gasteiger partial charge in [0, 0.05) is 23.2 Å². The monoisotopic (exact) mass is 494 g/mol. The zero-order valence-corrected chi connectivity index (χ0v) is 19.3. The van der Waals surface area contributed by atoms with Crippen molar-refractivity contribution in [3.8, 4) is 5.75 Å². The number of fused-ring (bicyclic) bond motifs is 1. The van der Waals surface area contributed by atoms with E-state index in [1.807, 2.05) is 51.2 Å². The quantitative estimate of drug-likeness (QED) is 0.414. The average Bonchev–Trinajstić information content (AvgIpc) is 3.05. The second-order valence-electron chi connectivity index (χ2n) is 7.86. The zero-order chi connectivity index (χ0) is 21.9. The number of nitrogens with two attached hydrogens (primary N) is 1. The summed E-state index contributed by atoms with van der Waals surface area (Å²) in [5.41, 5.74) is 7.39. The van der Waals surface area contributed by atoms with Crippen LogP contribution in [0, 0.1) is 0 Å². The number of amides is 1. The Morgan fingerprint density at radius 3 is 2.83 bits per heavy atom. The third-order valence-electron chi connectivity index (χ3n) is 4.23. The van der Waals surface area contributed by atoms with Crippen LogP contribution >= 0.6 is 27.5 Å². The Labute approximate surface area is 188 Å². The molecule has 4 N–H and O–H groups in total. The van der Waals surface area contributed by atoms with Crippen molar-refractivity contribution in [1.82, 2.24) is 15.3 Å². The molecule has 2 heterocycles. The lowest BCUT2D eigenvalue weighted by atomic mass is 10.1. The normalized spacial score (nSPS) is 12.6. The van der Waals surface area contributed by atoms with Crippen LogP contribution in [0.1, 0.15) is 26.3 Å². The standard InChI is InChI=1S/C21H24BrClN4O3/c1-21(2,3)30-20(28)26-13(8-12-10-25-16-7-5-4-6-14(12)16)11-29-17-9-15(22)18(23)27-19(17)24/h4-7,9-10,13,25H,8,11H2,1-3H3,(H2,24,27)(H,26,28). The number of nitrogen functional groups attached to an aromatic ring is 1. The van der Waals surface area contributed by atoms with Crippen molar-refractivity contribution in [3.63, 3.8) is 0 Å². The first-order valence-corrected chi connectivity index (χ1v) is 10.6. The molecule has 1 amide bonds. The van der Waals surface area contributed by atoms with Gasteiger partial charge in [0.2, 0.25) is 0 Å². The molecule has 2 aromatic heterocycles. The molecule has 9 heteroatoms. The number of carbonyl (C=O) groups excluding carboxylic acids is 1. The number of aromatic amines is 1. The SMILES string of the molecule is CC(C)(C)OC(=O)NC(COc1cc(Br)c(Cl)nc1N)Cc1c[nH]c2ccccc12. The Morgan fingerprint density at radius 1 is 1.37 bits per heavy atom. The summed E-state index contributed by atoms with van der Waals surface area (Å²) in [6.07, 6.45) is 1.95. The molecule has 0 radical (unpaired) electrons. The molecular weight excluding hydrogens is 472 g/mol. The molecule has 3 rings (SSSR count). The molecule has 0 aliphatic rings. The highest BCUT2D eigenvalue weighted by Gasteiger charge is 2.22. The number of ether oxygens (including phenoxy) is 2. The number of aromatic nitrogens is 2. The van der Waals surface area contributed by atoms with Gasteiger partial charge in [-0.3, -0.25) is 0 Å². The fraction of sp³-hybridized carbons (Fsp3) is 0.333. The van der Waals surface area contributed by atoms with Gasteiger partial charge in [-0.05, 0) is 54.8 Å². The van der Waals surface area contributed by atoms with Crippen molar-refractivity contribution in [2.24, 2.45) is 0 Å². The molecule has 0 spiro atoms. The molecule has 0 bridgehead atoms. The number of alkyl carbamates (subject to hydrolysis) is 1. The number of H-pyrrole nitrogens is 1. The smallest absolute Gasteiger partial charge is 0.408 e. The van der Waals surface area contributed by atoms with Crippen LogP contribution in [0.25, 0.3) is 10.9 Å². The third-order valence-corrected chi connectivity index (χ3v) is 5.35. The topological polar surface area (TPSA) is 102 Å². The van der Waals surface area contributed by atoms with Crippen LogP contribution in [0.4, 0.5) is 10.6 Å². The molecule has 7 nitrogen and oxygen atoms in total. The number of nitrogens with one attached hydrogen (secondary N) is 2. The molecular formula is C21H24BrClN4O3. The van der Waals surface area contributed by atoms with E-state index in [1.165, 1.54) is 0 Å². The van der Waals surface area contributed by atoms with Crippen LogP contribution in [-0.2, 0) is 11.2 Å². The lowest BCUT2D eigenvalue weighted by Gasteiger charge is -2.24. The molecule has 3 aromatic rings. The van der Waals surface area contributed by atoms with Crippen LogP contribution in [0.5, 0.6) is 5.75 Å². The van der Waals surface area contributed by atoms with Gasteiger partial charge in [-0.2, -0.15) is 0 Å². The maximum absolute atomic E-state index is 12.4. The number of rotatable bonds is 6. The minimum absolute atomic E-state index is 0.165. The van der Waals surface area contributed by atoms with Gasteiger partial charge in [0.1, 0.15) is 17.4 Å². The van der Waals surface area contributed by atoms with E-state index in [9.17, 15) is 4.79 Å². The van der Waals surface area contributed by atoms with Crippen molar-refractivity contribution < 1.29 is 14.3 Å². The van der Waals surface area contributed by atoms with Gasteiger partial charge in [-0.15, -0.1) is 0 Å². The number of nitrogens with zero attached hydrogens (tertiary/aromatic N) is 1. The fourth-order valence-corrected chi connectivity index (χ4v) is 3.40. The molecule has 0 fully saturated rings. The van der Waals surface area contributed by atoms with E-state index in [2.05, 4.69) is 31.2 Å². The summed E-state index contributed by atoms with van der Waals surface area (Å²) in [4.78, 5) is 19.7. The lowest BCUT2D eigenvalue weighted by Crippen LogP contribution is -2.43. The van der Waals surface area contributed by atoms with Crippen molar-refractivity contribution >= 4 is 50.3 Å². The molecule has 0 saturated heterocycles. The van der Waals surface area contributed by atoms with Crippen molar-refractivity contribution in [3.05, 3.63) is 51.7 Å². The number of pyridine rings is 1. The van der Waals surface area contributed by atoms with Crippen LogP contribution < -0.4 is 15.8 Å². The summed E-state index contributed by atoms with van der Waals surface area (Å²) in [6, 6.07) is 9.27.